The monoisotopic (exact) mass is 436 g/mol. The maximum atomic E-state index is 14.2. The highest BCUT2D eigenvalue weighted by molar-refractivity contribution is 5.52. The van der Waals surface area contributed by atoms with Crippen LogP contribution in [-0.4, -0.2) is 7.11 Å². The van der Waals surface area contributed by atoms with E-state index in [1.807, 2.05) is 6.92 Å². The normalized spacial score (nSPS) is 10.1. The van der Waals surface area contributed by atoms with Crippen molar-refractivity contribution in [3.63, 3.8) is 0 Å². The minimum absolute atomic E-state index is 0.168. The predicted molar refractivity (Wildman–Crippen MR) is 116 cm³/mol. The fourth-order valence-corrected chi connectivity index (χ4v) is 3.16. The van der Waals surface area contributed by atoms with Crippen LogP contribution in [0.4, 0.5) is 17.6 Å². The summed E-state index contributed by atoms with van der Waals surface area (Å²) in [5.41, 5.74) is 2.46. The van der Waals surface area contributed by atoms with Gasteiger partial charge >= 0.3 is 0 Å². The van der Waals surface area contributed by atoms with Gasteiger partial charge in [-0.3, -0.25) is 0 Å². The lowest BCUT2D eigenvalue weighted by molar-refractivity contribution is 0.359. The van der Waals surface area contributed by atoms with Crippen molar-refractivity contribution in [1.29, 1.82) is 0 Å². The van der Waals surface area contributed by atoms with Crippen molar-refractivity contribution in [2.75, 3.05) is 7.11 Å². The molecule has 0 aliphatic heterocycles. The molecular weight excluding hydrogens is 416 g/mol. The molecule has 3 aromatic rings. The van der Waals surface area contributed by atoms with Crippen LogP contribution in [0.3, 0.4) is 0 Å². The Kier molecular flexibility index (Phi) is 7.23. The van der Waals surface area contributed by atoms with Crippen LogP contribution in [0.5, 0.6) is 5.75 Å². The molecule has 0 radical (unpaired) electrons. The Morgan fingerprint density at radius 2 is 1.38 bits per heavy atom. The van der Waals surface area contributed by atoms with E-state index in [0.717, 1.165) is 24.1 Å². The first-order valence-corrected chi connectivity index (χ1v) is 9.98. The number of benzene rings is 3. The van der Waals surface area contributed by atoms with Crippen molar-refractivity contribution < 1.29 is 22.3 Å². The second kappa shape index (κ2) is 10.1. The number of rotatable bonds is 3. The lowest BCUT2D eigenvalue weighted by Gasteiger charge is -2.03. The Labute approximate surface area is 185 Å². The van der Waals surface area contributed by atoms with Crippen molar-refractivity contribution in [3.8, 4) is 29.4 Å². The van der Waals surface area contributed by atoms with Crippen LogP contribution in [0.1, 0.15) is 46.7 Å². The van der Waals surface area contributed by atoms with Gasteiger partial charge in [0.25, 0.3) is 0 Å². The fraction of sp³-hybridized carbons (Fsp3) is 0.185. The van der Waals surface area contributed by atoms with Crippen LogP contribution in [-0.2, 0) is 6.42 Å². The van der Waals surface area contributed by atoms with Gasteiger partial charge in [-0.2, -0.15) is 0 Å². The zero-order valence-corrected chi connectivity index (χ0v) is 17.9. The molecule has 162 valence electrons. The smallest absolute Gasteiger partial charge is 0.190 e. The molecule has 0 saturated carbocycles. The SMILES string of the molecule is CCCc1cc(F)c(C#Cc2ccc(C#Cc3cc(F)c(OC)c(F)c3)c(C)c2)c(F)c1. The molecule has 0 bridgehead atoms. The molecule has 0 spiro atoms. The van der Waals surface area contributed by atoms with Crippen molar-refractivity contribution in [2.24, 2.45) is 0 Å². The fourth-order valence-electron chi connectivity index (χ4n) is 3.16. The highest BCUT2D eigenvalue weighted by atomic mass is 19.1. The van der Waals surface area contributed by atoms with E-state index in [4.69, 9.17) is 0 Å². The maximum Gasteiger partial charge on any atom is 0.190 e. The van der Waals surface area contributed by atoms with E-state index in [1.54, 1.807) is 25.1 Å². The van der Waals surface area contributed by atoms with Crippen molar-refractivity contribution in [3.05, 3.63) is 99.1 Å². The highest BCUT2D eigenvalue weighted by Gasteiger charge is 2.11. The summed E-state index contributed by atoms with van der Waals surface area (Å²) in [6.45, 7) is 3.73. The average molecular weight is 436 g/mol. The second-order valence-electron chi connectivity index (χ2n) is 7.19. The molecule has 0 aromatic heterocycles. The standard InChI is InChI=1S/C27H20F4O/c1-4-5-19-13-23(28)22(24(29)14-19)11-8-18-6-9-21(17(2)12-18)10-7-20-15-25(30)27(32-3)26(31)16-20/h6,9,12-16H,4-5H2,1-3H3. The van der Waals surface area contributed by atoms with Gasteiger partial charge in [-0.25, -0.2) is 17.6 Å². The molecule has 5 heteroatoms. The minimum atomic E-state index is -0.832. The molecule has 32 heavy (non-hydrogen) atoms. The van der Waals surface area contributed by atoms with Crippen LogP contribution in [0, 0.1) is 53.9 Å². The summed E-state index contributed by atoms with van der Waals surface area (Å²) in [5.74, 6) is 7.44. The van der Waals surface area contributed by atoms with Crippen molar-refractivity contribution >= 4 is 0 Å². The number of methoxy groups -OCH3 is 1. The molecule has 3 rings (SSSR count). The molecule has 0 heterocycles. The van der Waals surface area contributed by atoms with Gasteiger partial charge in [-0.15, -0.1) is 0 Å². The van der Waals surface area contributed by atoms with Crippen LogP contribution in [0.2, 0.25) is 0 Å². The Hall–Kier alpha value is -3.70. The maximum absolute atomic E-state index is 14.2. The van der Waals surface area contributed by atoms with Gasteiger partial charge in [0.15, 0.2) is 17.4 Å². The molecule has 0 aliphatic rings. The lowest BCUT2D eigenvalue weighted by Crippen LogP contribution is -1.95. The third-order valence-corrected chi connectivity index (χ3v) is 4.74. The van der Waals surface area contributed by atoms with E-state index >= 15 is 0 Å². The predicted octanol–water partition coefficient (Wildman–Crippen LogP) is 6.31. The van der Waals surface area contributed by atoms with Gasteiger partial charge in [0.05, 0.1) is 12.7 Å². The number of hydrogen-bond donors (Lipinski definition) is 0. The van der Waals surface area contributed by atoms with Crippen molar-refractivity contribution in [2.45, 2.75) is 26.7 Å². The first-order chi connectivity index (χ1) is 15.3. The Morgan fingerprint density at radius 1 is 0.750 bits per heavy atom. The summed E-state index contributed by atoms with van der Waals surface area (Å²) in [6, 6.07) is 9.91. The molecule has 0 unspecified atom stereocenters. The van der Waals surface area contributed by atoms with Gasteiger partial charge in [-0.1, -0.05) is 37.0 Å². The summed E-state index contributed by atoms with van der Waals surface area (Å²) in [7, 11) is 1.19. The highest BCUT2D eigenvalue weighted by Crippen LogP contribution is 2.22. The van der Waals surface area contributed by atoms with Crippen molar-refractivity contribution in [1.82, 2.24) is 0 Å². The summed E-state index contributed by atoms with van der Waals surface area (Å²) in [5, 5.41) is 0. The second-order valence-corrected chi connectivity index (χ2v) is 7.19. The van der Waals surface area contributed by atoms with E-state index in [9.17, 15) is 17.6 Å². The summed E-state index contributed by atoms with van der Waals surface area (Å²) >= 11 is 0. The van der Waals surface area contributed by atoms with Crippen LogP contribution in [0.25, 0.3) is 0 Å². The third-order valence-electron chi connectivity index (χ3n) is 4.74. The van der Waals surface area contributed by atoms with E-state index in [0.29, 0.717) is 23.1 Å². The zero-order valence-electron chi connectivity index (χ0n) is 17.9. The van der Waals surface area contributed by atoms with Gasteiger partial charge in [0, 0.05) is 16.7 Å². The van der Waals surface area contributed by atoms with Crippen LogP contribution in [0.15, 0.2) is 42.5 Å². The molecule has 0 fully saturated rings. The zero-order chi connectivity index (χ0) is 23.3. The Morgan fingerprint density at radius 3 is 1.94 bits per heavy atom. The molecule has 0 amide bonds. The third kappa shape index (κ3) is 5.31. The molecule has 0 aliphatic carbocycles. The molecule has 0 N–H and O–H groups in total. The molecule has 1 nitrogen and oxygen atoms in total. The number of halogens is 4. The topological polar surface area (TPSA) is 9.23 Å². The Balaban J connectivity index is 1.85. The van der Waals surface area contributed by atoms with Crippen LogP contribution < -0.4 is 4.74 Å². The van der Waals surface area contributed by atoms with E-state index in [1.165, 1.54) is 19.2 Å². The molecular formula is C27H20F4O. The van der Waals surface area contributed by atoms with Crippen LogP contribution >= 0.6 is 0 Å². The quantitative estimate of drug-likeness (QED) is 0.345. The lowest BCUT2D eigenvalue weighted by atomic mass is 10.0. The number of hydrogen-bond acceptors (Lipinski definition) is 1. The minimum Gasteiger partial charge on any atom is -0.491 e. The first-order valence-electron chi connectivity index (χ1n) is 9.98. The van der Waals surface area contributed by atoms with E-state index in [-0.39, 0.29) is 11.1 Å². The van der Waals surface area contributed by atoms with Gasteiger partial charge < -0.3 is 4.74 Å². The average Bonchev–Trinajstić information content (AvgIpc) is 2.72. The molecule has 0 saturated heterocycles. The van der Waals surface area contributed by atoms with Gasteiger partial charge in [-0.05, 0) is 66.9 Å². The molecule has 0 atom stereocenters. The number of aryl methyl sites for hydroxylation is 2. The first kappa shape index (κ1) is 23.0. The summed E-state index contributed by atoms with van der Waals surface area (Å²) in [6.07, 6.45) is 1.39. The van der Waals surface area contributed by atoms with E-state index < -0.39 is 29.0 Å². The summed E-state index contributed by atoms with van der Waals surface area (Å²) in [4.78, 5) is 0. The molecule has 3 aromatic carbocycles. The summed E-state index contributed by atoms with van der Waals surface area (Å²) < 4.78 is 60.7. The number of ether oxygens (including phenoxy) is 1. The Bertz CT molecular complexity index is 1240. The van der Waals surface area contributed by atoms with Gasteiger partial charge in [0.2, 0.25) is 0 Å². The van der Waals surface area contributed by atoms with E-state index in [2.05, 4.69) is 28.4 Å². The van der Waals surface area contributed by atoms with Gasteiger partial charge in [0.1, 0.15) is 11.6 Å². The largest absolute Gasteiger partial charge is 0.491 e.